The third kappa shape index (κ3) is 5.49. The van der Waals surface area contributed by atoms with Crippen LogP contribution in [0.25, 0.3) is 0 Å². The highest BCUT2D eigenvalue weighted by Crippen LogP contribution is 2.18. The van der Waals surface area contributed by atoms with Crippen LogP contribution in [0.15, 0.2) is 24.3 Å². The van der Waals surface area contributed by atoms with Gasteiger partial charge >= 0.3 is 6.03 Å². The molecule has 7 nitrogen and oxygen atoms in total. The molecule has 7 heteroatoms. The van der Waals surface area contributed by atoms with E-state index in [9.17, 15) is 14.9 Å². The molecule has 0 bridgehead atoms. The topological polar surface area (TPSA) is 87.5 Å². The number of carbonyl (C=O) groups is 1. The molecule has 2 amide bonds. The molecular weight excluding hydrogens is 308 g/mol. The highest BCUT2D eigenvalue weighted by Gasteiger charge is 2.23. The molecule has 0 unspecified atom stereocenters. The summed E-state index contributed by atoms with van der Waals surface area (Å²) in [6, 6.07) is 5.89. The smallest absolute Gasteiger partial charge is 0.319 e. The largest absolute Gasteiger partial charge is 0.336 e. The van der Waals surface area contributed by atoms with E-state index in [4.69, 9.17) is 0 Å². The monoisotopic (exact) mass is 334 g/mol. The van der Waals surface area contributed by atoms with Crippen LogP contribution in [0.5, 0.6) is 0 Å². The Bertz CT molecular complexity index is 553. The SMILES string of the molecule is CC(C)C[C@H](CNC(=O)Nc1ccc([N+](=O)[O-])cc1)N1CCCC1. The second-order valence-electron chi connectivity index (χ2n) is 6.67. The highest BCUT2D eigenvalue weighted by molar-refractivity contribution is 5.89. The summed E-state index contributed by atoms with van der Waals surface area (Å²) in [6.45, 7) is 7.20. The predicted molar refractivity (Wildman–Crippen MR) is 94.2 cm³/mol. The lowest BCUT2D eigenvalue weighted by atomic mass is 10.0. The molecular formula is C17H26N4O3. The van der Waals surface area contributed by atoms with Crippen molar-refractivity contribution in [3.8, 4) is 0 Å². The van der Waals surface area contributed by atoms with Crippen LogP contribution in [0.3, 0.4) is 0 Å². The zero-order valence-electron chi connectivity index (χ0n) is 14.3. The number of likely N-dealkylation sites (tertiary alicyclic amines) is 1. The van der Waals surface area contributed by atoms with Crippen LogP contribution in [0.4, 0.5) is 16.2 Å². The summed E-state index contributed by atoms with van der Waals surface area (Å²) in [5, 5.41) is 16.3. The van der Waals surface area contributed by atoms with Crippen LogP contribution in [-0.4, -0.2) is 41.5 Å². The van der Waals surface area contributed by atoms with E-state index >= 15 is 0 Å². The van der Waals surface area contributed by atoms with Gasteiger partial charge in [0.15, 0.2) is 0 Å². The van der Waals surface area contributed by atoms with Crippen molar-refractivity contribution in [1.29, 1.82) is 0 Å². The van der Waals surface area contributed by atoms with Crippen molar-refractivity contribution in [3.05, 3.63) is 34.4 Å². The molecule has 1 aromatic carbocycles. The Morgan fingerprint density at radius 3 is 2.42 bits per heavy atom. The van der Waals surface area contributed by atoms with Crippen LogP contribution in [0, 0.1) is 16.0 Å². The Kier molecular flexibility index (Phi) is 6.54. The average Bonchev–Trinajstić information content (AvgIpc) is 3.06. The molecule has 0 radical (unpaired) electrons. The fourth-order valence-corrected chi connectivity index (χ4v) is 3.06. The number of rotatable bonds is 7. The Morgan fingerprint density at radius 1 is 1.25 bits per heavy atom. The first-order valence-corrected chi connectivity index (χ1v) is 8.49. The first kappa shape index (κ1) is 18.2. The molecule has 0 spiro atoms. The summed E-state index contributed by atoms with van der Waals surface area (Å²) >= 11 is 0. The summed E-state index contributed by atoms with van der Waals surface area (Å²) in [7, 11) is 0. The number of benzene rings is 1. The molecule has 1 aliphatic rings. The van der Waals surface area contributed by atoms with Crippen molar-refractivity contribution in [2.75, 3.05) is 25.0 Å². The maximum Gasteiger partial charge on any atom is 0.319 e. The number of amides is 2. The normalized spacial score (nSPS) is 16.1. The fraction of sp³-hybridized carbons (Fsp3) is 0.588. The molecule has 1 atom stereocenters. The van der Waals surface area contributed by atoms with Crippen LogP contribution in [0.2, 0.25) is 0 Å². The third-order valence-corrected chi connectivity index (χ3v) is 4.23. The van der Waals surface area contributed by atoms with Crippen molar-refractivity contribution in [2.24, 2.45) is 5.92 Å². The zero-order valence-corrected chi connectivity index (χ0v) is 14.3. The number of hydrogen-bond donors (Lipinski definition) is 2. The number of nitrogens with zero attached hydrogens (tertiary/aromatic N) is 2. The second-order valence-corrected chi connectivity index (χ2v) is 6.67. The maximum atomic E-state index is 12.1. The molecule has 24 heavy (non-hydrogen) atoms. The van der Waals surface area contributed by atoms with Crippen molar-refractivity contribution in [1.82, 2.24) is 10.2 Å². The summed E-state index contributed by atoms with van der Waals surface area (Å²) < 4.78 is 0. The minimum atomic E-state index is -0.462. The Morgan fingerprint density at radius 2 is 1.88 bits per heavy atom. The van der Waals surface area contributed by atoms with Gasteiger partial charge in [-0.1, -0.05) is 13.8 Å². The van der Waals surface area contributed by atoms with Crippen molar-refractivity contribution in [2.45, 2.75) is 39.2 Å². The van der Waals surface area contributed by atoms with Gasteiger partial charge < -0.3 is 10.6 Å². The van der Waals surface area contributed by atoms with E-state index in [0.717, 1.165) is 19.5 Å². The van der Waals surface area contributed by atoms with Crippen LogP contribution >= 0.6 is 0 Å². The first-order valence-electron chi connectivity index (χ1n) is 8.49. The second kappa shape index (κ2) is 8.63. The molecule has 1 aliphatic heterocycles. The molecule has 1 saturated heterocycles. The van der Waals surface area contributed by atoms with Gasteiger partial charge in [0.1, 0.15) is 0 Å². The van der Waals surface area contributed by atoms with Gasteiger partial charge in [0.05, 0.1) is 4.92 Å². The molecule has 1 heterocycles. The number of anilines is 1. The molecule has 1 aromatic rings. The highest BCUT2D eigenvalue weighted by atomic mass is 16.6. The van der Waals surface area contributed by atoms with E-state index in [-0.39, 0.29) is 11.7 Å². The third-order valence-electron chi connectivity index (χ3n) is 4.23. The lowest BCUT2D eigenvalue weighted by Gasteiger charge is -2.29. The van der Waals surface area contributed by atoms with E-state index in [0.29, 0.717) is 24.2 Å². The van der Waals surface area contributed by atoms with Crippen LogP contribution in [-0.2, 0) is 0 Å². The standard InChI is InChI=1S/C17H26N4O3/c1-13(2)11-16(20-9-3-4-10-20)12-18-17(22)19-14-5-7-15(8-6-14)21(23)24/h5-8,13,16H,3-4,9-12H2,1-2H3,(H2,18,19,22)/t16-/m1/s1. The number of nitro groups is 1. The summed E-state index contributed by atoms with van der Waals surface area (Å²) in [6.07, 6.45) is 3.50. The average molecular weight is 334 g/mol. The number of hydrogen-bond acceptors (Lipinski definition) is 4. The Labute approximate surface area is 142 Å². The number of carbonyl (C=O) groups excluding carboxylic acids is 1. The van der Waals surface area contributed by atoms with Crippen LogP contribution < -0.4 is 10.6 Å². The van der Waals surface area contributed by atoms with Gasteiger partial charge in [-0.2, -0.15) is 0 Å². The summed E-state index contributed by atoms with van der Waals surface area (Å²) in [5.41, 5.74) is 0.548. The van der Waals surface area contributed by atoms with Gasteiger partial charge in [0, 0.05) is 30.4 Å². The lowest BCUT2D eigenvalue weighted by Crippen LogP contribution is -2.44. The van der Waals surface area contributed by atoms with Gasteiger partial charge in [-0.25, -0.2) is 4.79 Å². The van der Waals surface area contributed by atoms with Crippen molar-refractivity contribution in [3.63, 3.8) is 0 Å². The molecule has 0 saturated carbocycles. The Hall–Kier alpha value is -2.15. The van der Waals surface area contributed by atoms with Gasteiger partial charge in [0.25, 0.3) is 5.69 Å². The van der Waals surface area contributed by atoms with E-state index in [1.54, 1.807) is 0 Å². The minimum absolute atomic E-state index is 0.00647. The van der Waals surface area contributed by atoms with Crippen molar-refractivity contribution < 1.29 is 9.72 Å². The quantitative estimate of drug-likeness (QED) is 0.592. The molecule has 1 fully saturated rings. The van der Waals surface area contributed by atoms with Crippen LogP contribution in [0.1, 0.15) is 33.1 Å². The van der Waals surface area contributed by atoms with Gasteiger partial charge in [0.2, 0.25) is 0 Å². The van der Waals surface area contributed by atoms with E-state index < -0.39 is 4.92 Å². The predicted octanol–water partition coefficient (Wildman–Crippen LogP) is 3.23. The van der Waals surface area contributed by atoms with E-state index in [1.165, 1.54) is 37.1 Å². The van der Waals surface area contributed by atoms with Gasteiger partial charge in [-0.15, -0.1) is 0 Å². The maximum absolute atomic E-state index is 12.1. The van der Waals surface area contributed by atoms with E-state index in [1.807, 2.05) is 0 Å². The van der Waals surface area contributed by atoms with Gasteiger partial charge in [-0.3, -0.25) is 15.0 Å². The molecule has 132 valence electrons. The summed E-state index contributed by atoms with van der Waals surface area (Å²) in [5.74, 6) is 0.579. The lowest BCUT2D eigenvalue weighted by molar-refractivity contribution is -0.384. The number of nitrogens with one attached hydrogen (secondary N) is 2. The number of non-ortho nitro benzene ring substituents is 1. The Balaban J connectivity index is 1.84. The molecule has 2 N–H and O–H groups in total. The number of urea groups is 1. The zero-order chi connectivity index (χ0) is 17.5. The molecule has 0 aliphatic carbocycles. The molecule has 2 rings (SSSR count). The number of nitro benzene ring substituents is 1. The van der Waals surface area contributed by atoms with Gasteiger partial charge in [-0.05, 0) is 50.4 Å². The summed E-state index contributed by atoms with van der Waals surface area (Å²) in [4.78, 5) is 24.7. The first-order chi connectivity index (χ1) is 11.5. The van der Waals surface area contributed by atoms with Crippen molar-refractivity contribution >= 4 is 17.4 Å². The van der Waals surface area contributed by atoms with E-state index in [2.05, 4.69) is 29.4 Å². The minimum Gasteiger partial charge on any atom is -0.336 e. The fourth-order valence-electron chi connectivity index (χ4n) is 3.06. The molecule has 0 aromatic heterocycles.